The number of phenols is 1. The third-order valence-corrected chi connectivity index (χ3v) is 5.03. The van der Waals surface area contributed by atoms with Gasteiger partial charge in [0.15, 0.2) is 5.75 Å². The summed E-state index contributed by atoms with van der Waals surface area (Å²) in [4.78, 5) is 9.93. The van der Waals surface area contributed by atoms with E-state index < -0.39 is 0 Å². The van der Waals surface area contributed by atoms with E-state index in [9.17, 15) is 5.11 Å². The molecule has 3 aromatic rings. The first-order chi connectivity index (χ1) is 12.3. The van der Waals surface area contributed by atoms with E-state index in [2.05, 4.69) is 9.97 Å². The summed E-state index contributed by atoms with van der Waals surface area (Å²) in [5.41, 5.74) is 2.36. The van der Waals surface area contributed by atoms with Gasteiger partial charge in [-0.2, -0.15) is 0 Å². The first-order valence-electron chi connectivity index (χ1n) is 8.34. The van der Waals surface area contributed by atoms with Gasteiger partial charge in [-0.1, -0.05) is 11.6 Å². The van der Waals surface area contributed by atoms with Crippen LogP contribution < -0.4 is 4.90 Å². The van der Waals surface area contributed by atoms with E-state index in [0.717, 1.165) is 29.6 Å². The van der Waals surface area contributed by atoms with Gasteiger partial charge in [0.05, 0.1) is 23.8 Å². The van der Waals surface area contributed by atoms with Crippen LogP contribution in [0.4, 0.5) is 0 Å². The van der Waals surface area contributed by atoms with Crippen LogP contribution >= 0.6 is 11.6 Å². The normalized spacial score (nSPS) is 16.8. The summed E-state index contributed by atoms with van der Waals surface area (Å²) in [6.07, 6.45) is 5.27. The Labute approximate surface area is 150 Å². The molecule has 1 aromatic carbocycles. The van der Waals surface area contributed by atoms with Crippen LogP contribution in [0.2, 0.25) is 5.02 Å². The van der Waals surface area contributed by atoms with Crippen LogP contribution in [-0.4, -0.2) is 41.4 Å². The molecule has 0 unspecified atom stereocenters. The van der Waals surface area contributed by atoms with E-state index in [1.807, 2.05) is 36.5 Å². The fourth-order valence-electron chi connectivity index (χ4n) is 3.53. The molecule has 1 fully saturated rings. The minimum atomic E-state index is -0.0680. The molecular weight excluding hydrogens is 338 g/mol. The number of ether oxygens (including phenoxy) is 1. The molecule has 0 radical (unpaired) electrons. The maximum atomic E-state index is 11.0. The fourth-order valence-corrected chi connectivity index (χ4v) is 3.80. The number of hydrogen-bond donors (Lipinski definition) is 2. The number of aromatic nitrogens is 2. The fraction of sp³-hybridized carbons (Fsp3) is 0.263. The van der Waals surface area contributed by atoms with Gasteiger partial charge < -0.3 is 14.7 Å². The van der Waals surface area contributed by atoms with Crippen molar-refractivity contribution in [3.8, 4) is 5.75 Å². The Hall–Kier alpha value is -2.21. The third kappa shape index (κ3) is 3.06. The number of halogens is 1. The summed E-state index contributed by atoms with van der Waals surface area (Å²) in [6, 6.07) is 9.44. The molecule has 25 heavy (non-hydrogen) atoms. The van der Waals surface area contributed by atoms with Crippen LogP contribution in [0.15, 0.2) is 48.9 Å². The number of morpholine rings is 1. The molecule has 4 rings (SSSR count). The van der Waals surface area contributed by atoms with E-state index in [1.54, 1.807) is 12.4 Å². The van der Waals surface area contributed by atoms with E-state index >= 15 is 0 Å². The lowest BCUT2D eigenvalue weighted by atomic mass is 9.95. The molecule has 1 aliphatic heterocycles. The number of nitrogens with zero attached hydrogens (tertiary/aromatic N) is 2. The van der Waals surface area contributed by atoms with Gasteiger partial charge in [-0.3, -0.25) is 9.97 Å². The number of fused-ring (bicyclic) bond motifs is 1. The Morgan fingerprint density at radius 1 is 1.16 bits per heavy atom. The molecule has 6 heteroatoms. The summed E-state index contributed by atoms with van der Waals surface area (Å²) >= 11 is 6.50. The lowest BCUT2D eigenvalue weighted by Crippen LogP contribution is -3.14. The first-order valence-corrected chi connectivity index (χ1v) is 8.72. The zero-order valence-corrected chi connectivity index (χ0v) is 14.4. The standard InChI is InChI=1S/C19H18ClN3O2/c20-16-11-15(19(24)17-14(16)4-2-6-22-17)18(13-3-1-5-21-12-13)23-7-9-25-10-8-23/h1-6,11-12,18,24H,7-10H2/p+1/t18-/m0/s1. The molecule has 0 saturated carbocycles. The summed E-state index contributed by atoms with van der Waals surface area (Å²) in [5, 5.41) is 12.3. The van der Waals surface area contributed by atoms with Gasteiger partial charge >= 0.3 is 0 Å². The van der Waals surface area contributed by atoms with Crippen molar-refractivity contribution in [2.24, 2.45) is 0 Å². The quantitative estimate of drug-likeness (QED) is 0.753. The molecule has 1 saturated heterocycles. The minimum Gasteiger partial charge on any atom is -0.505 e. The molecule has 2 aromatic heterocycles. The van der Waals surface area contributed by atoms with E-state index in [0.29, 0.717) is 23.8 Å². The average molecular weight is 357 g/mol. The zero-order valence-electron chi connectivity index (χ0n) is 13.7. The highest BCUT2D eigenvalue weighted by Crippen LogP contribution is 2.37. The van der Waals surface area contributed by atoms with Crippen molar-refractivity contribution in [3.63, 3.8) is 0 Å². The number of aromatic hydroxyl groups is 1. The Bertz CT molecular complexity index is 882. The molecule has 0 amide bonds. The number of phenolic OH excluding ortho intramolecular Hbond substituents is 1. The number of pyridine rings is 2. The molecule has 1 aliphatic rings. The monoisotopic (exact) mass is 356 g/mol. The van der Waals surface area contributed by atoms with Crippen molar-refractivity contribution >= 4 is 22.5 Å². The van der Waals surface area contributed by atoms with Crippen molar-refractivity contribution in [2.45, 2.75) is 6.04 Å². The largest absolute Gasteiger partial charge is 0.505 e. The highest BCUT2D eigenvalue weighted by Gasteiger charge is 2.31. The molecule has 5 nitrogen and oxygen atoms in total. The zero-order chi connectivity index (χ0) is 17.2. The van der Waals surface area contributed by atoms with Gasteiger partial charge in [-0.15, -0.1) is 0 Å². The predicted octanol–water partition coefficient (Wildman–Crippen LogP) is 1.99. The highest BCUT2D eigenvalue weighted by molar-refractivity contribution is 6.35. The molecule has 0 bridgehead atoms. The van der Waals surface area contributed by atoms with Gasteiger partial charge in [0, 0.05) is 29.5 Å². The van der Waals surface area contributed by atoms with Crippen LogP contribution in [0.25, 0.3) is 10.9 Å². The number of nitrogens with one attached hydrogen (secondary N) is 1. The second-order valence-corrected chi connectivity index (χ2v) is 6.59. The SMILES string of the molecule is Oc1c([C@H](c2cccnc2)[NH+]2CCOCC2)cc(Cl)c2cccnc12. The van der Waals surface area contributed by atoms with Crippen molar-refractivity contribution in [1.29, 1.82) is 0 Å². The number of hydrogen-bond acceptors (Lipinski definition) is 4. The van der Waals surface area contributed by atoms with Gasteiger partial charge in [0.2, 0.25) is 0 Å². The number of quaternary nitrogens is 1. The van der Waals surface area contributed by atoms with Crippen molar-refractivity contribution < 1.29 is 14.7 Å². The molecule has 1 atom stereocenters. The van der Waals surface area contributed by atoms with Gasteiger partial charge in [0.25, 0.3) is 0 Å². The smallest absolute Gasteiger partial charge is 0.151 e. The second kappa shape index (κ2) is 6.96. The van der Waals surface area contributed by atoms with E-state index in [4.69, 9.17) is 16.3 Å². The lowest BCUT2D eigenvalue weighted by Gasteiger charge is -2.32. The van der Waals surface area contributed by atoms with Crippen LogP contribution in [0.5, 0.6) is 5.75 Å². The first kappa shape index (κ1) is 16.3. The average Bonchev–Trinajstić information content (AvgIpc) is 2.68. The number of rotatable bonds is 3. The van der Waals surface area contributed by atoms with E-state index in [-0.39, 0.29) is 11.8 Å². The highest BCUT2D eigenvalue weighted by atomic mass is 35.5. The summed E-state index contributed by atoms with van der Waals surface area (Å²) in [6.45, 7) is 3.12. The predicted molar refractivity (Wildman–Crippen MR) is 96.0 cm³/mol. The lowest BCUT2D eigenvalue weighted by molar-refractivity contribution is -0.933. The maximum Gasteiger partial charge on any atom is 0.151 e. The Kier molecular flexibility index (Phi) is 4.53. The van der Waals surface area contributed by atoms with Crippen molar-refractivity contribution in [1.82, 2.24) is 9.97 Å². The molecule has 0 aliphatic carbocycles. The topological polar surface area (TPSA) is 59.7 Å². The Morgan fingerprint density at radius 3 is 2.72 bits per heavy atom. The minimum absolute atomic E-state index is 0.0680. The van der Waals surface area contributed by atoms with Crippen LogP contribution in [-0.2, 0) is 4.74 Å². The van der Waals surface area contributed by atoms with Crippen LogP contribution in [0.3, 0.4) is 0 Å². The molecule has 3 heterocycles. The Morgan fingerprint density at radius 2 is 1.96 bits per heavy atom. The summed E-state index contributed by atoms with van der Waals surface area (Å²) in [7, 11) is 0. The van der Waals surface area contributed by atoms with Gasteiger partial charge in [-0.25, -0.2) is 0 Å². The van der Waals surface area contributed by atoms with Crippen molar-refractivity contribution in [2.75, 3.05) is 26.3 Å². The van der Waals surface area contributed by atoms with Crippen LogP contribution in [0.1, 0.15) is 17.2 Å². The molecular formula is C19H19ClN3O2+. The molecule has 0 spiro atoms. The molecule has 128 valence electrons. The van der Waals surface area contributed by atoms with Gasteiger partial charge in [-0.05, 0) is 30.3 Å². The Balaban J connectivity index is 1.90. The summed E-state index contributed by atoms with van der Waals surface area (Å²) < 4.78 is 5.51. The molecule has 2 N–H and O–H groups in total. The second-order valence-electron chi connectivity index (χ2n) is 6.19. The van der Waals surface area contributed by atoms with Crippen molar-refractivity contribution in [3.05, 3.63) is 65.1 Å². The third-order valence-electron chi connectivity index (χ3n) is 4.72. The maximum absolute atomic E-state index is 11.0. The summed E-state index contributed by atoms with van der Waals surface area (Å²) in [5.74, 6) is 0.188. The number of benzene rings is 1. The van der Waals surface area contributed by atoms with Gasteiger partial charge in [0.1, 0.15) is 24.6 Å². The van der Waals surface area contributed by atoms with E-state index in [1.165, 1.54) is 4.90 Å². The van der Waals surface area contributed by atoms with Crippen LogP contribution in [0, 0.1) is 0 Å².